The number of amides is 1. The maximum atomic E-state index is 11.5. The highest BCUT2D eigenvalue weighted by Gasteiger charge is 2.04. The van der Waals surface area contributed by atoms with Gasteiger partial charge in [-0.3, -0.25) is 15.2 Å². The monoisotopic (exact) mass is 247 g/mol. The lowest BCUT2D eigenvalue weighted by atomic mass is 10.1. The van der Waals surface area contributed by atoms with Gasteiger partial charge in [0.15, 0.2) is 5.58 Å². The van der Waals surface area contributed by atoms with Gasteiger partial charge >= 0.3 is 5.76 Å². The van der Waals surface area contributed by atoms with Crippen molar-refractivity contribution in [1.82, 2.24) is 15.8 Å². The number of aromatic amines is 1. The highest BCUT2D eigenvalue weighted by Crippen LogP contribution is 2.14. The molecule has 18 heavy (non-hydrogen) atoms. The lowest BCUT2D eigenvalue weighted by Gasteiger charge is -2.02. The smallest absolute Gasteiger partial charge is 0.408 e. The molecule has 0 aliphatic heterocycles. The van der Waals surface area contributed by atoms with Crippen LogP contribution in [0, 0.1) is 0 Å². The van der Waals surface area contributed by atoms with Gasteiger partial charge < -0.3 is 4.42 Å². The van der Waals surface area contributed by atoms with E-state index >= 15 is 0 Å². The molecule has 1 aromatic carbocycles. The van der Waals surface area contributed by atoms with Crippen LogP contribution in [0.1, 0.15) is 12.5 Å². The Kier molecular flexibility index (Phi) is 3.29. The van der Waals surface area contributed by atoms with E-state index in [1.54, 1.807) is 38.2 Å². The Morgan fingerprint density at radius 2 is 2.22 bits per heavy atom. The van der Waals surface area contributed by atoms with Crippen molar-refractivity contribution in [3.63, 3.8) is 0 Å². The largest absolute Gasteiger partial charge is 0.417 e. The molecule has 2 aromatic rings. The summed E-state index contributed by atoms with van der Waals surface area (Å²) in [6, 6.07) is 5.20. The van der Waals surface area contributed by atoms with Gasteiger partial charge in [0.25, 0.3) is 5.91 Å². The zero-order chi connectivity index (χ0) is 13.1. The van der Waals surface area contributed by atoms with E-state index in [9.17, 15) is 9.59 Å². The number of nitrogens with one attached hydrogen (secondary N) is 3. The molecule has 6 heteroatoms. The second-order valence-electron chi connectivity index (χ2n) is 3.80. The molecule has 0 spiro atoms. The molecule has 94 valence electrons. The number of benzene rings is 1. The Labute approximate surface area is 103 Å². The van der Waals surface area contributed by atoms with Crippen molar-refractivity contribution in [3.8, 4) is 0 Å². The number of carbonyl (C=O) groups excluding carboxylic acids is 1. The first-order valence-electron chi connectivity index (χ1n) is 5.38. The molecule has 3 N–H and O–H groups in total. The fraction of sp³-hybridized carbons (Fsp3) is 0.167. The second kappa shape index (κ2) is 4.89. The van der Waals surface area contributed by atoms with Crippen LogP contribution in [0.25, 0.3) is 17.2 Å². The first-order chi connectivity index (χ1) is 8.60. The zero-order valence-electron chi connectivity index (χ0n) is 10.0. The number of rotatable bonds is 3. The van der Waals surface area contributed by atoms with Gasteiger partial charge in [-0.25, -0.2) is 10.2 Å². The molecule has 1 amide bonds. The molecule has 0 aliphatic rings. The van der Waals surface area contributed by atoms with E-state index in [1.165, 1.54) is 0 Å². The maximum absolute atomic E-state index is 11.5. The van der Waals surface area contributed by atoms with Gasteiger partial charge in [-0.2, -0.15) is 0 Å². The van der Waals surface area contributed by atoms with Crippen LogP contribution in [0.15, 0.2) is 33.0 Å². The number of oxazole rings is 1. The number of H-pyrrole nitrogens is 1. The van der Waals surface area contributed by atoms with Crippen LogP contribution >= 0.6 is 0 Å². The summed E-state index contributed by atoms with van der Waals surface area (Å²) in [5, 5.41) is 0. The average molecular weight is 247 g/mol. The number of hydrazine groups is 1. The van der Waals surface area contributed by atoms with Gasteiger partial charge in [-0.1, -0.05) is 6.07 Å². The maximum Gasteiger partial charge on any atom is 0.417 e. The van der Waals surface area contributed by atoms with E-state index in [2.05, 4.69) is 15.8 Å². The van der Waals surface area contributed by atoms with Crippen molar-refractivity contribution >= 4 is 23.1 Å². The molecule has 0 bridgehead atoms. The van der Waals surface area contributed by atoms with Crippen LogP contribution in [0.2, 0.25) is 0 Å². The molecule has 0 saturated heterocycles. The van der Waals surface area contributed by atoms with Gasteiger partial charge in [0, 0.05) is 12.6 Å². The third-order valence-corrected chi connectivity index (χ3v) is 2.42. The number of carbonyl (C=O) groups is 1. The topological polar surface area (TPSA) is 87.1 Å². The molecule has 6 nitrogen and oxygen atoms in total. The first-order valence-corrected chi connectivity index (χ1v) is 5.38. The van der Waals surface area contributed by atoms with Crippen molar-refractivity contribution < 1.29 is 9.21 Å². The summed E-state index contributed by atoms with van der Waals surface area (Å²) in [5.74, 6) is -0.700. The first kappa shape index (κ1) is 12.1. The Hall–Kier alpha value is -2.34. The molecule has 0 aliphatic carbocycles. The standard InChI is InChI=1S/C12H13N3O3/c1-7(11(16)15-13-2)5-8-3-4-10-9(6-8)14-12(17)18-10/h3-6,13H,1-2H3,(H,14,17)(H,15,16)/b7-5+. The number of fused-ring (bicyclic) bond motifs is 1. The molecule has 0 saturated carbocycles. The predicted octanol–water partition coefficient (Wildman–Crippen LogP) is 0.775. The van der Waals surface area contributed by atoms with Gasteiger partial charge in [0.2, 0.25) is 0 Å². The molecular formula is C12H13N3O3. The van der Waals surface area contributed by atoms with Crippen LogP contribution in [-0.2, 0) is 4.79 Å². The molecule has 0 unspecified atom stereocenters. The average Bonchev–Trinajstić information content (AvgIpc) is 2.68. The predicted molar refractivity (Wildman–Crippen MR) is 67.7 cm³/mol. The fourth-order valence-electron chi connectivity index (χ4n) is 1.59. The third kappa shape index (κ3) is 2.49. The lowest BCUT2D eigenvalue weighted by molar-refractivity contribution is -0.118. The number of hydrogen-bond acceptors (Lipinski definition) is 4. The molecular weight excluding hydrogens is 234 g/mol. The third-order valence-electron chi connectivity index (χ3n) is 2.42. The normalized spacial score (nSPS) is 11.8. The molecule has 1 heterocycles. The zero-order valence-corrected chi connectivity index (χ0v) is 10.0. The van der Waals surface area contributed by atoms with Crippen molar-refractivity contribution in [2.24, 2.45) is 0 Å². The van der Waals surface area contributed by atoms with Crippen LogP contribution in [-0.4, -0.2) is 17.9 Å². The minimum absolute atomic E-state index is 0.210. The molecule has 0 fully saturated rings. The van der Waals surface area contributed by atoms with Crippen LogP contribution in [0.3, 0.4) is 0 Å². The fourth-order valence-corrected chi connectivity index (χ4v) is 1.59. The summed E-state index contributed by atoms with van der Waals surface area (Å²) in [7, 11) is 1.62. The summed E-state index contributed by atoms with van der Waals surface area (Å²) in [6.45, 7) is 1.70. The molecule has 2 rings (SSSR count). The summed E-state index contributed by atoms with van der Waals surface area (Å²) in [4.78, 5) is 25.1. The van der Waals surface area contributed by atoms with E-state index in [0.29, 0.717) is 16.7 Å². The molecule has 0 radical (unpaired) electrons. The molecule has 0 atom stereocenters. The number of aromatic nitrogens is 1. The van der Waals surface area contributed by atoms with Crippen molar-refractivity contribution in [2.75, 3.05) is 7.05 Å². The Balaban J connectivity index is 2.33. The highest BCUT2D eigenvalue weighted by molar-refractivity contribution is 5.97. The molecule has 1 aromatic heterocycles. The summed E-state index contributed by atoms with van der Waals surface area (Å²) in [6.07, 6.45) is 1.72. The Morgan fingerprint density at radius 3 is 2.94 bits per heavy atom. The lowest BCUT2D eigenvalue weighted by Crippen LogP contribution is -2.34. The SMILES string of the molecule is CNNC(=O)/C(C)=C/c1ccc2oc(=O)[nH]c2c1. The van der Waals surface area contributed by atoms with E-state index in [4.69, 9.17) is 4.42 Å². The van der Waals surface area contributed by atoms with Crippen molar-refractivity contribution in [1.29, 1.82) is 0 Å². The van der Waals surface area contributed by atoms with E-state index in [1.807, 2.05) is 0 Å². The second-order valence-corrected chi connectivity index (χ2v) is 3.80. The van der Waals surface area contributed by atoms with Gasteiger partial charge in [0.1, 0.15) is 0 Å². The van der Waals surface area contributed by atoms with E-state index < -0.39 is 5.76 Å². The van der Waals surface area contributed by atoms with Crippen molar-refractivity contribution in [3.05, 3.63) is 39.9 Å². The van der Waals surface area contributed by atoms with Crippen molar-refractivity contribution in [2.45, 2.75) is 6.92 Å². The quantitative estimate of drug-likeness (QED) is 0.552. The minimum Gasteiger partial charge on any atom is -0.408 e. The Morgan fingerprint density at radius 1 is 1.44 bits per heavy atom. The summed E-state index contributed by atoms with van der Waals surface area (Å²) >= 11 is 0. The minimum atomic E-state index is -0.490. The highest BCUT2D eigenvalue weighted by atomic mass is 16.4. The van der Waals surface area contributed by atoms with Crippen LogP contribution < -0.4 is 16.6 Å². The van der Waals surface area contributed by atoms with Gasteiger partial charge in [0.05, 0.1) is 5.52 Å². The number of hydrogen-bond donors (Lipinski definition) is 3. The Bertz CT molecular complexity index is 667. The summed E-state index contributed by atoms with van der Waals surface area (Å²) in [5.41, 5.74) is 7.50. The van der Waals surface area contributed by atoms with Crippen LogP contribution in [0.5, 0.6) is 0 Å². The van der Waals surface area contributed by atoms with E-state index in [-0.39, 0.29) is 5.91 Å². The van der Waals surface area contributed by atoms with Gasteiger partial charge in [-0.15, -0.1) is 0 Å². The summed E-state index contributed by atoms with van der Waals surface area (Å²) < 4.78 is 4.89. The van der Waals surface area contributed by atoms with Crippen LogP contribution in [0.4, 0.5) is 0 Å². The van der Waals surface area contributed by atoms with E-state index in [0.717, 1.165) is 5.56 Å². The van der Waals surface area contributed by atoms with Gasteiger partial charge in [-0.05, 0) is 30.7 Å².